The van der Waals surface area contributed by atoms with Gasteiger partial charge >= 0.3 is 0 Å². The molecule has 0 N–H and O–H groups in total. The predicted octanol–water partition coefficient (Wildman–Crippen LogP) is 14.0. The summed E-state index contributed by atoms with van der Waals surface area (Å²) < 4.78 is 2.50. The van der Waals surface area contributed by atoms with Crippen LogP contribution in [0.4, 0.5) is 17.1 Å². The van der Waals surface area contributed by atoms with E-state index in [0.717, 1.165) is 17.1 Å². The van der Waals surface area contributed by atoms with Crippen molar-refractivity contribution in [2.75, 3.05) is 4.90 Å². The Morgan fingerprint density at radius 2 is 1.00 bits per heavy atom. The average molecular weight is 685 g/mol. The molecule has 0 fully saturated rings. The molecule has 2 heteroatoms. The third kappa shape index (κ3) is 5.57. The molecule has 7 aromatic carbocycles. The van der Waals surface area contributed by atoms with E-state index in [4.69, 9.17) is 0 Å². The van der Waals surface area contributed by atoms with Crippen molar-refractivity contribution in [3.63, 3.8) is 0 Å². The monoisotopic (exact) mass is 684 g/mol. The third-order valence-electron chi connectivity index (χ3n) is 11.1. The first kappa shape index (κ1) is 32.8. The van der Waals surface area contributed by atoms with E-state index in [2.05, 4.69) is 220 Å². The highest BCUT2D eigenvalue weighted by Gasteiger charge is 2.40. The minimum absolute atomic E-state index is 0.101. The van der Waals surface area contributed by atoms with Crippen molar-refractivity contribution in [3.05, 3.63) is 193 Å². The van der Waals surface area contributed by atoms with E-state index < -0.39 is 0 Å². The van der Waals surface area contributed by atoms with Gasteiger partial charge in [0.15, 0.2) is 0 Å². The zero-order valence-corrected chi connectivity index (χ0v) is 31.1. The fraction of sp³-hybridized carbons (Fsp3) is 0.137. The summed E-state index contributed by atoms with van der Waals surface area (Å²) >= 11 is 0. The Kier molecular flexibility index (Phi) is 7.75. The summed E-state index contributed by atoms with van der Waals surface area (Å²) in [5.41, 5.74) is 17.4. The predicted molar refractivity (Wildman–Crippen MR) is 225 cm³/mol. The maximum absolute atomic E-state index is 2.50. The lowest BCUT2D eigenvalue weighted by atomic mass is 9.81. The van der Waals surface area contributed by atoms with E-state index in [1.54, 1.807) is 0 Å². The van der Waals surface area contributed by atoms with Gasteiger partial charge in [-0.3, -0.25) is 0 Å². The number of rotatable bonds is 6. The van der Waals surface area contributed by atoms with Crippen LogP contribution in [0.25, 0.3) is 50.1 Å². The SMILES string of the molecule is CC(C)(C)c1ccc(-n2c3c(c4cc(-c5ccc(N(c6ccccc6)c6ccc(-c7ccccc7)cc6)cc5)ccc42)C(C)(C)c2ccccc2-3)cc1. The minimum atomic E-state index is -0.129. The molecule has 0 saturated heterocycles. The summed E-state index contributed by atoms with van der Waals surface area (Å²) in [6.45, 7) is 11.6. The standard InChI is InChI=1S/C51H44N2/c1-50(2,3)39-25-31-43(32-26-39)53-47-33-24-38(34-45(47)48-49(53)44-18-12-13-19-46(44)51(48,4)5)37-22-29-42(30-23-37)52(40-16-10-7-11-17-40)41-27-20-36(21-28-41)35-14-8-6-9-15-35/h6-34H,1-5H3. The van der Waals surface area contributed by atoms with Gasteiger partial charge in [0.25, 0.3) is 0 Å². The van der Waals surface area contributed by atoms with Crippen LogP contribution in [0.3, 0.4) is 0 Å². The number of fused-ring (bicyclic) bond motifs is 5. The molecular weight excluding hydrogens is 641 g/mol. The Morgan fingerprint density at radius 3 is 1.62 bits per heavy atom. The number of anilines is 3. The number of benzene rings is 7. The molecule has 258 valence electrons. The van der Waals surface area contributed by atoms with Crippen LogP contribution in [-0.2, 0) is 10.8 Å². The van der Waals surface area contributed by atoms with Crippen molar-refractivity contribution in [2.24, 2.45) is 0 Å². The van der Waals surface area contributed by atoms with Gasteiger partial charge in [-0.05, 0) is 105 Å². The van der Waals surface area contributed by atoms with E-state index in [1.165, 1.54) is 66.8 Å². The van der Waals surface area contributed by atoms with E-state index in [9.17, 15) is 0 Å². The van der Waals surface area contributed by atoms with Gasteiger partial charge in [0.05, 0.1) is 11.2 Å². The Morgan fingerprint density at radius 1 is 0.491 bits per heavy atom. The molecule has 1 aromatic heterocycles. The first-order chi connectivity index (χ1) is 25.7. The number of nitrogens with zero attached hydrogens (tertiary/aromatic N) is 2. The van der Waals surface area contributed by atoms with E-state index in [1.807, 2.05) is 0 Å². The zero-order chi connectivity index (χ0) is 36.3. The first-order valence-electron chi connectivity index (χ1n) is 18.7. The topological polar surface area (TPSA) is 8.17 Å². The second-order valence-electron chi connectivity index (χ2n) is 15.9. The van der Waals surface area contributed by atoms with Crippen LogP contribution < -0.4 is 4.90 Å². The molecule has 0 bridgehead atoms. The molecule has 1 aliphatic carbocycles. The van der Waals surface area contributed by atoms with Crippen molar-refractivity contribution in [1.29, 1.82) is 0 Å². The summed E-state index contributed by atoms with van der Waals surface area (Å²) in [6.07, 6.45) is 0. The minimum Gasteiger partial charge on any atom is -0.311 e. The molecule has 2 nitrogen and oxygen atoms in total. The summed E-state index contributed by atoms with van der Waals surface area (Å²) in [6, 6.07) is 64.3. The molecule has 0 spiro atoms. The number of aromatic nitrogens is 1. The van der Waals surface area contributed by atoms with Crippen molar-refractivity contribution in [1.82, 2.24) is 4.57 Å². The number of para-hydroxylation sites is 1. The molecule has 0 radical (unpaired) electrons. The Bertz CT molecular complexity index is 2570. The molecule has 0 atom stereocenters. The fourth-order valence-corrected chi connectivity index (χ4v) is 8.37. The van der Waals surface area contributed by atoms with Crippen LogP contribution in [0.15, 0.2) is 176 Å². The van der Waals surface area contributed by atoms with Crippen LogP contribution in [0, 0.1) is 0 Å². The molecule has 8 aromatic rings. The summed E-state index contributed by atoms with van der Waals surface area (Å²) in [5, 5.41) is 1.31. The van der Waals surface area contributed by atoms with E-state index in [0.29, 0.717) is 0 Å². The van der Waals surface area contributed by atoms with Gasteiger partial charge in [0.2, 0.25) is 0 Å². The van der Waals surface area contributed by atoms with Crippen molar-refractivity contribution < 1.29 is 0 Å². The maximum Gasteiger partial charge on any atom is 0.0584 e. The average Bonchev–Trinajstić information content (AvgIpc) is 3.65. The van der Waals surface area contributed by atoms with Gasteiger partial charge in [-0.2, -0.15) is 0 Å². The molecule has 9 rings (SSSR count). The molecule has 0 aliphatic heterocycles. The summed E-state index contributed by atoms with van der Waals surface area (Å²) in [7, 11) is 0. The van der Waals surface area contributed by atoms with Gasteiger partial charge in [-0.1, -0.05) is 150 Å². The second-order valence-corrected chi connectivity index (χ2v) is 15.9. The van der Waals surface area contributed by atoms with Crippen LogP contribution in [0.5, 0.6) is 0 Å². The van der Waals surface area contributed by atoms with Gasteiger partial charge in [0, 0.05) is 39.1 Å². The highest BCUT2D eigenvalue weighted by Crippen LogP contribution is 2.54. The Hall–Kier alpha value is -6.12. The highest BCUT2D eigenvalue weighted by molar-refractivity contribution is 6.01. The molecule has 0 saturated carbocycles. The molecule has 0 amide bonds. The van der Waals surface area contributed by atoms with Crippen molar-refractivity contribution >= 4 is 28.0 Å². The Labute approximate surface area is 313 Å². The summed E-state index contributed by atoms with van der Waals surface area (Å²) in [4.78, 5) is 2.33. The number of hydrogen-bond donors (Lipinski definition) is 0. The van der Waals surface area contributed by atoms with Crippen LogP contribution >= 0.6 is 0 Å². The Balaban J connectivity index is 1.13. The zero-order valence-electron chi connectivity index (χ0n) is 31.1. The third-order valence-corrected chi connectivity index (χ3v) is 11.1. The van der Waals surface area contributed by atoms with Crippen molar-refractivity contribution in [3.8, 4) is 39.2 Å². The fourth-order valence-electron chi connectivity index (χ4n) is 8.37. The lowest BCUT2D eigenvalue weighted by molar-refractivity contribution is 0.590. The maximum atomic E-state index is 2.50. The quantitative estimate of drug-likeness (QED) is 0.169. The van der Waals surface area contributed by atoms with E-state index >= 15 is 0 Å². The van der Waals surface area contributed by atoms with Gasteiger partial charge < -0.3 is 9.47 Å². The van der Waals surface area contributed by atoms with Gasteiger partial charge in [-0.25, -0.2) is 0 Å². The largest absolute Gasteiger partial charge is 0.311 e. The second kappa shape index (κ2) is 12.5. The highest BCUT2D eigenvalue weighted by atomic mass is 15.1. The van der Waals surface area contributed by atoms with Crippen LogP contribution in [0.1, 0.15) is 51.3 Å². The molecular formula is C51H44N2. The smallest absolute Gasteiger partial charge is 0.0584 e. The van der Waals surface area contributed by atoms with E-state index in [-0.39, 0.29) is 10.8 Å². The first-order valence-corrected chi connectivity index (χ1v) is 18.7. The normalized spacial score (nSPS) is 13.2. The molecule has 1 heterocycles. The molecule has 0 unspecified atom stereocenters. The van der Waals surface area contributed by atoms with Gasteiger partial charge in [-0.15, -0.1) is 0 Å². The van der Waals surface area contributed by atoms with Crippen molar-refractivity contribution in [2.45, 2.75) is 45.4 Å². The lowest BCUT2D eigenvalue weighted by Crippen LogP contribution is -2.14. The van der Waals surface area contributed by atoms with Gasteiger partial charge in [0.1, 0.15) is 0 Å². The number of hydrogen-bond acceptors (Lipinski definition) is 1. The van der Waals surface area contributed by atoms with Crippen LogP contribution in [0.2, 0.25) is 0 Å². The molecule has 53 heavy (non-hydrogen) atoms. The molecule has 1 aliphatic rings. The van der Waals surface area contributed by atoms with Crippen LogP contribution in [-0.4, -0.2) is 4.57 Å². The lowest BCUT2D eigenvalue weighted by Gasteiger charge is -2.26. The summed E-state index contributed by atoms with van der Waals surface area (Å²) in [5.74, 6) is 0.